The van der Waals surface area contributed by atoms with Gasteiger partial charge in [0.15, 0.2) is 0 Å². The maximum absolute atomic E-state index is 14.0. The van der Waals surface area contributed by atoms with Crippen molar-refractivity contribution in [2.45, 2.75) is 18.3 Å². The van der Waals surface area contributed by atoms with E-state index in [0.717, 1.165) is 6.07 Å². The highest BCUT2D eigenvalue weighted by Gasteiger charge is 2.38. The van der Waals surface area contributed by atoms with Gasteiger partial charge in [-0.3, -0.25) is 4.79 Å². The lowest BCUT2D eigenvalue weighted by Crippen LogP contribution is -2.52. The van der Waals surface area contributed by atoms with Crippen LogP contribution in [-0.4, -0.2) is 43.5 Å². The molecule has 2 aromatic rings. The van der Waals surface area contributed by atoms with Crippen LogP contribution >= 0.6 is 0 Å². The molecule has 9 heteroatoms. The molecule has 1 aliphatic rings. The first-order chi connectivity index (χ1) is 14.9. The standard InChI is InChI=1S/C22H23F2N5O2/c1-31-19-5-3-2-4-18(19)20(30)27-13-22(15-10-16(23)12-17(24)11-15)6-8-29(9-7-22)21(26)28-14-25/h2-5,10-12H,6-9,13H2,1H3,(H2,26,28)(H,27,30). The Hall–Kier alpha value is -3.67. The number of aliphatic imine (C=N–C) groups is 1. The summed E-state index contributed by atoms with van der Waals surface area (Å²) in [7, 11) is 1.48. The number of carbonyl (C=O) groups excluding carboxylic acids is 1. The number of hydrogen-bond donors (Lipinski definition) is 2. The van der Waals surface area contributed by atoms with Crippen LogP contribution in [0.25, 0.3) is 0 Å². The van der Waals surface area contributed by atoms with Gasteiger partial charge in [-0.2, -0.15) is 5.26 Å². The highest BCUT2D eigenvalue weighted by molar-refractivity contribution is 5.97. The van der Waals surface area contributed by atoms with E-state index in [4.69, 9.17) is 15.7 Å². The van der Waals surface area contributed by atoms with Gasteiger partial charge in [0.25, 0.3) is 5.91 Å². The summed E-state index contributed by atoms with van der Waals surface area (Å²) in [4.78, 5) is 18.1. The largest absolute Gasteiger partial charge is 0.496 e. The van der Waals surface area contributed by atoms with Crippen molar-refractivity contribution in [2.24, 2.45) is 10.7 Å². The number of para-hydroxylation sites is 1. The van der Waals surface area contributed by atoms with E-state index < -0.39 is 17.0 Å². The van der Waals surface area contributed by atoms with Crippen molar-refractivity contribution in [1.82, 2.24) is 10.2 Å². The normalized spacial score (nSPS) is 15.8. The molecular weight excluding hydrogens is 404 g/mol. The minimum Gasteiger partial charge on any atom is -0.496 e. The lowest BCUT2D eigenvalue weighted by atomic mass is 9.72. The predicted molar refractivity (Wildman–Crippen MR) is 111 cm³/mol. The number of nitriles is 1. The summed E-state index contributed by atoms with van der Waals surface area (Å²) in [6.45, 7) is 0.995. The maximum atomic E-state index is 14.0. The highest BCUT2D eigenvalue weighted by atomic mass is 19.1. The molecule has 1 aliphatic heterocycles. The molecule has 0 aromatic heterocycles. The van der Waals surface area contributed by atoms with Crippen molar-refractivity contribution in [3.8, 4) is 11.9 Å². The van der Waals surface area contributed by atoms with Crippen molar-refractivity contribution in [3.05, 3.63) is 65.2 Å². The summed E-state index contributed by atoms with van der Waals surface area (Å²) >= 11 is 0. The first kappa shape index (κ1) is 22.0. The number of rotatable bonds is 5. The number of nitrogens with two attached hydrogens (primary N) is 1. The molecule has 3 N–H and O–H groups in total. The number of ether oxygens (including phenoxy) is 1. The molecule has 7 nitrogen and oxygen atoms in total. The molecule has 2 aromatic carbocycles. The van der Waals surface area contributed by atoms with Crippen molar-refractivity contribution in [3.63, 3.8) is 0 Å². The monoisotopic (exact) mass is 427 g/mol. The van der Waals surface area contributed by atoms with Crippen LogP contribution in [0.15, 0.2) is 47.5 Å². The molecule has 1 amide bonds. The summed E-state index contributed by atoms with van der Waals surface area (Å²) < 4.78 is 33.2. The Morgan fingerprint density at radius 3 is 2.52 bits per heavy atom. The van der Waals surface area contributed by atoms with Gasteiger partial charge in [-0.05, 0) is 42.7 Å². The molecule has 0 spiro atoms. The zero-order valence-electron chi connectivity index (χ0n) is 17.1. The summed E-state index contributed by atoms with van der Waals surface area (Å²) in [5.41, 5.74) is 5.92. The molecule has 3 rings (SSSR count). The van der Waals surface area contributed by atoms with E-state index in [-0.39, 0.29) is 18.4 Å². The number of benzene rings is 2. The quantitative estimate of drug-likeness (QED) is 0.434. The maximum Gasteiger partial charge on any atom is 0.255 e. The van der Waals surface area contributed by atoms with E-state index in [2.05, 4.69) is 10.3 Å². The fraction of sp³-hybridized carbons (Fsp3) is 0.318. The Balaban J connectivity index is 1.86. The molecule has 0 radical (unpaired) electrons. The van der Waals surface area contributed by atoms with E-state index in [1.54, 1.807) is 35.4 Å². The minimum absolute atomic E-state index is 0.0968. The third kappa shape index (κ3) is 4.91. The smallest absolute Gasteiger partial charge is 0.255 e. The van der Waals surface area contributed by atoms with Crippen molar-refractivity contribution in [2.75, 3.05) is 26.7 Å². The summed E-state index contributed by atoms with van der Waals surface area (Å²) in [6, 6.07) is 10.2. The number of halogens is 2. The van der Waals surface area contributed by atoms with E-state index in [1.165, 1.54) is 19.2 Å². The Morgan fingerprint density at radius 1 is 1.26 bits per heavy atom. The Morgan fingerprint density at radius 2 is 1.90 bits per heavy atom. The van der Waals surface area contributed by atoms with Gasteiger partial charge in [0, 0.05) is 31.1 Å². The Labute approximate surface area is 179 Å². The van der Waals surface area contributed by atoms with Gasteiger partial charge in [-0.1, -0.05) is 12.1 Å². The van der Waals surface area contributed by atoms with E-state index in [0.29, 0.717) is 42.8 Å². The fourth-order valence-electron chi connectivity index (χ4n) is 3.89. The molecule has 1 fully saturated rings. The molecule has 0 atom stereocenters. The number of hydrogen-bond acceptors (Lipinski definition) is 4. The van der Waals surface area contributed by atoms with Crippen LogP contribution in [0.5, 0.6) is 5.75 Å². The molecule has 0 aliphatic carbocycles. The van der Waals surface area contributed by atoms with Crippen LogP contribution < -0.4 is 15.8 Å². The number of amides is 1. The molecular formula is C22H23F2N5O2. The van der Waals surface area contributed by atoms with Crippen molar-refractivity contribution >= 4 is 11.9 Å². The van der Waals surface area contributed by atoms with E-state index >= 15 is 0 Å². The molecule has 0 saturated carbocycles. The number of nitrogens with one attached hydrogen (secondary N) is 1. The highest BCUT2D eigenvalue weighted by Crippen LogP contribution is 2.36. The second kappa shape index (κ2) is 9.43. The third-order valence-corrected chi connectivity index (χ3v) is 5.62. The zero-order chi connectivity index (χ0) is 22.4. The Bertz CT molecular complexity index is 1010. The van der Waals surface area contributed by atoms with E-state index in [1.807, 2.05) is 0 Å². The van der Waals surface area contributed by atoms with Gasteiger partial charge < -0.3 is 20.7 Å². The minimum atomic E-state index is -0.718. The van der Waals surface area contributed by atoms with Crippen molar-refractivity contribution < 1.29 is 18.3 Å². The van der Waals surface area contributed by atoms with Crippen LogP contribution in [0.2, 0.25) is 0 Å². The topological polar surface area (TPSA) is 104 Å². The number of piperidine rings is 1. The average Bonchev–Trinajstić information content (AvgIpc) is 2.77. The van der Waals surface area contributed by atoms with Crippen LogP contribution in [0.1, 0.15) is 28.8 Å². The second-order valence-corrected chi connectivity index (χ2v) is 7.38. The molecule has 31 heavy (non-hydrogen) atoms. The van der Waals surface area contributed by atoms with Crippen LogP contribution in [0.4, 0.5) is 8.78 Å². The molecule has 1 heterocycles. The lowest BCUT2D eigenvalue weighted by molar-refractivity contribution is 0.0929. The average molecular weight is 427 g/mol. The number of methoxy groups -OCH3 is 1. The Kier molecular flexibility index (Phi) is 6.70. The van der Waals surface area contributed by atoms with Crippen molar-refractivity contribution in [1.29, 1.82) is 5.26 Å². The second-order valence-electron chi connectivity index (χ2n) is 7.38. The van der Waals surface area contributed by atoms with Gasteiger partial charge in [-0.25, -0.2) is 8.78 Å². The number of nitrogens with zero attached hydrogens (tertiary/aromatic N) is 3. The van der Waals surface area contributed by atoms with Gasteiger partial charge in [0.1, 0.15) is 17.4 Å². The van der Waals surface area contributed by atoms with Crippen LogP contribution in [0, 0.1) is 23.1 Å². The van der Waals surface area contributed by atoms with E-state index in [9.17, 15) is 13.6 Å². The van der Waals surface area contributed by atoms with Gasteiger partial charge >= 0.3 is 0 Å². The molecule has 162 valence electrons. The number of carbonyl (C=O) groups is 1. The van der Waals surface area contributed by atoms with Gasteiger partial charge in [0.2, 0.25) is 12.2 Å². The fourth-order valence-corrected chi connectivity index (χ4v) is 3.89. The lowest BCUT2D eigenvalue weighted by Gasteiger charge is -2.42. The number of likely N-dealkylation sites (tertiary alicyclic amines) is 1. The SMILES string of the molecule is COc1ccccc1C(=O)NCC1(c2cc(F)cc(F)c2)CCN(C(N)=NC#N)CC1. The third-order valence-electron chi connectivity index (χ3n) is 5.62. The van der Waals surface area contributed by atoms with Gasteiger partial charge in [-0.15, -0.1) is 4.99 Å². The zero-order valence-corrected chi connectivity index (χ0v) is 17.1. The first-order valence-corrected chi connectivity index (χ1v) is 9.73. The molecule has 1 saturated heterocycles. The van der Waals surface area contributed by atoms with Crippen LogP contribution in [0.3, 0.4) is 0 Å². The first-order valence-electron chi connectivity index (χ1n) is 9.73. The van der Waals surface area contributed by atoms with Crippen LogP contribution in [-0.2, 0) is 5.41 Å². The summed E-state index contributed by atoms with van der Waals surface area (Å²) in [5, 5.41) is 11.6. The van der Waals surface area contributed by atoms with Gasteiger partial charge in [0.05, 0.1) is 12.7 Å². The molecule has 0 bridgehead atoms. The summed E-state index contributed by atoms with van der Waals surface area (Å²) in [5.74, 6) is -1.18. The molecule has 0 unspecified atom stereocenters. The number of guanidine groups is 1. The predicted octanol–water partition coefficient (Wildman–Crippen LogP) is 2.53. The summed E-state index contributed by atoms with van der Waals surface area (Å²) in [6.07, 6.45) is 2.55.